The molecular formula is C34H30ClF3N6O7S. The Morgan fingerprint density at radius 1 is 0.981 bits per heavy atom. The second-order valence-corrected chi connectivity index (χ2v) is 13.9. The van der Waals surface area contributed by atoms with Crippen LogP contribution in [0.2, 0.25) is 5.02 Å². The topological polar surface area (TPSA) is 149 Å². The number of alkyl halides is 3. The predicted molar refractivity (Wildman–Crippen MR) is 185 cm³/mol. The lowest BCUT2D eigenvalue weighted by Gasteiger charge is -2.34. The fraction of sp³-hybridized carbons (Fsp3) is 0.235. The van der Waals surface area contributed by atoms with Crippen LogP contribution in [0, 0.1) is 10.1 Å². The van der Waals surface area contributed by atoms with Gasteiger partial charge in [0, 0.05) is 69.4 Å². The summed E-state index contributed by atoms with van der Waals surface area (Å²) in [5.41, 5.74) is 1.79. The van der Waals surface area contributed by atoms with E-state index in [9.17, 15) is 36.5 Å². The Morgan fingerprint density at radius 2 is 1.69 bits per heavy atom. The molecule has 0 bridgehead atoms. The van der Waals surface area contributed by atoms with Crippen LogP contribution in [0.25, 0.3) is 10.9 Å². The zero-order valence-corrected chi connectivity index (χ0v) is 28.9. The van der Waals surface area contributed by atoms with Crippen LogP contribution >= 0.6 is 11.6 Å². The van der Waals surface area contributed by atoms with Gasteiger partial charge in [0.1, 0.15) is 22.1 Å². The number of carbonyl (C=O) groups excluding carboxylic acids is 1. The van der Waals surface area contributed by atoms with Gasteiger partial charge in [-0.3, -0.25) is 24.5 Å². The zero-order valence-electron chi connectivity index (χ0n) is 27.3. The molecule has 52 heavy (non-hydrogen) atoms. The molecule has 2 aromatic heterocycles. The molecule has 1 aliphatic rings. The Kier molecular flexibility index (Phi) is 10.3. The van der Waals surface area contributed by atoms with Crippen LogP contribution in [0.3, 0.4) is 0 Å². The molecule has 13 nitrogen and oxygen atoms in total. The van der Waals surface area contributed by atoms with Gasteiger partial charge in [-0.25, -0.2) is 13.4 Å². The van der Waals surface area contributed by atoms with Gasteiger partial charge in [0.15, 0.2) is 6.61 Å². The van der Waals surface area contributed by atoms with E-state index < -0.39 is 38.3 Å². The second kappa shape index (κ2) is 14.7. The normalized spacial score (nSPS) is 14.0. The molecule has 1 saturated heterocycles. The van der Waals surface area contributed by atoms with Gasteiger partial charge in [-0.1, -0.05) is 23.7 Å². The highest BCUT2D eigenvalue weighted by Gasteiger charge is 2.29. The third kappa shape index (κ3) is 8.55. The molecule has 0 unspecified atom stereocenters. The molecule has 272 valence electrons. The van der Waals surface area contributed by atoms with Crippen molar-refractivity contribution in [2.24, 2.45) is 7.05 Å². The van der Waals surface area contributed by atoms with E-state index in [0.717, 1.165) is 34.7 Å². The smallest absolute Gasteiger partial charge is 0.422 e. The van der Waals surface area contributed by atoms with Gasteiger partial charge in [-0.2, -0.15) is 13.2 Å². The van der Waals surface area contributed by atoms with Crippen LogP contribution in [0.15, 0.2) is 90.0 Å². The monoisotopic (exact) mass is 758 g/mol. The Labute approximate surface area is 300 Å². The molecule has 0 atom stereocenters. The van der Waals surface area contributed by atoms with Gasteiger partial charge in [0.2, 0.25) is 5.88 Å². The summed E-state index contributed by atoms with van der Waals surface area (Å²) in [6, 6.07) is 19.5. The van der Waals surface area contributed by atoms with Crippen LogP contribution in [0.5, 0.6) is 17.4 Å². The van der Waals surface area contributed by atoms with E-state index in [0.29, 0.717) is 44.2 Å². The first-order chi connectivity index (χ1) is 24.6. The standard InChI is InChI=1S/C34H30ClF3N6O7S/c1-41-29-18-27(51-32-11-5-24(19-39-32)40-52(48,49)31-17-25(44(46)47)6-10-28(31)35)9-4-23(29)16-30(41)33(45)43-14-12-42(13-15-43)20-22-2-7-26(8-3-22)50-21-34(36,37)38/h2-11,16-19,40H,12-15,20-21H2,1H3. The van der Waals surface area contributed by atoms with Crippen molar-refractivity contribution in [1.29, 1.82) is 0 Å². The number of aromatic nitrogens is 2. The minimum Gasteiger partial charge on any atom is -0.484 e. The third-order valence-corrected chi connectivity index (χ3v) is 10.1. The number of hydrogen-bond donors (Lipinski definition) is 1. The van der Waals surface area contributed by atoms with Crippen LogP contribution in [-0.2, 0) is 23.6 Å². The molecule has 0 aliphatic carbocycles. The minimum absolute atomic E-state index is 0.0730. The van der Waals surface area contributed by atoms with Gasteiger partial charge in [-0.05, 0) is 48.0 Å². The van der Waals surface area contributed by atoms with Crippen molar-refractivity contribution in [3.8, 4) is 17.4 Å². The molecule has 1 amide bonds. The number of nitro groups is 1. The number of sulfonamides is 1. The Morgan fingerprint density at radius 3 is 2.35 bits per heavy atom. The fourth-order valence-electron chi connectivity index (χ4n) is 5.61. The van der Waals surface area contributed by atoms with Crippen molar-refractivity contribution in [1.82, 2.24) is 19.4 Å². The summed E-state index contributed by atoms with van der Waals surface area (Å²) in [6.45, 7) is 1.48. The van der Waals surface area contributed by atoms with Gasteiger partial charge in [0.05, 0.1) is 27.3 Å². The molecule has 5 aromatic rings. The Balaban J connectivity index is 1.05. The molecular weight excluding hydrogens is 729 g/mol. The molecule has 1 N–H and O–H groups in total. The van der Waals surface area contributed by atoms with Crippen molar-refractivity contribution in [2.45, 2.75) is 17.6 Å². The van der Waals surface area contributed by atoms with Crippen LogP contribution < -0.4 is 14.2 Å². The molecule has 0 radical (unpaired) electrons. The van der Waals surface area contributed by atoms with Crippen molar-refractivity contribution in [3.63, 3.8) is 0 Å². The number of piperazine rings is 1. The molecule has 3 aromatic carbocycles. The van der Waals surface area contributed by atoms with Crippen molar-refractivity contribution >= 4 is 49.8 Å². The number of amides is 1. The number of halogens is 4. The summed E-state index contributed by atoms with van der Waals surface area (Å²) in [4.78, 5) is 31.6. The number of fused-ring (bicyclic) bond motifs is 1. The lowest BCUT2D eigenvalue weighted by atomic mass is 10.2. The number of ether oxygens (including phenoxy) is 2. The van der Waals surface area contributed by atoms with Gasteiger partial charge >= 0.3 is 6.18 Å². The number of nitrogens with zero attached hydrogens (tertiary/aromatic N) is 5. The molecule has 1 aliphatic heterocycles. The van der Waals surface area contributed by atoms with Gasteiger partial charge in [-0.15, -0.1) is 0 Å². The van der Waals surface area contributed by atoms with E-state index >= 15 is 0 Å². The number of benzene rings is 3. The number of non-ortho nitro benzene ring substituents is 1. The number of nitrogens with one attached hydrogen (secondary N) is 1. The molecule has 0 spiro atoms. The van der Waals surface area contributed by atoms with Crippen molar-refractivity contribution < 1.29 is 40.8 Å². The van der Waals surface area contributed by atoms with Gasteiger partial charge in [0.25, 0.3) is 21.6 Å². The number of aryl methyl sites for hydroxylation is 1. The summed E-state index contributed by atoms with van der Waals surface area (Å²) >= 11 is 6.00. The number of pyridine rings is 1. The second-order valence-electron chi connectivity index (χ2n) is 11.9. The molecule has 3 heterocycles. The van der Waals surface area contributed by atoms with Gasteiger partial charge < -0.3 is 18.9 Å². The third-order valence-electron chi connectivity index (χ3n) is 8.25. The molecule has 6 rings (SSSR count). The summed E-state index contributed by atoms with van der Waals surface area (Å²) in [6.07, 6.45) is -3.18. The van der Waals surface area contributed by atoms with E-state index in [1.165, 1.54) is 30.5 Å². The van der Waals surface area contributed by atoms with E-state index in [-0.39, 0.29) is 28.2 Å². The average molecular weight is 759 g/mol. The average Bonchev–Trinajstić information content (AvgIpc) is 3.43. The van der Waals surface area contributed by atoms with Crippen LogP contribution in [0.4, 0.5) is 24.5 Å². The highest BCUT2D eigenvalue weighted by Crippen LogP contribution is 2.30. The summed E-state index contributed by atoms with van der Waals surface area (Å²) in [5.74, 6) is 0.599. The number of carbonyl (C=O) groups is 1. The predicted octanol–water partition coefficient (Wildman–Crippen LogP) is 6.63. The van der Waals surface area contributed by atoms with E-state index in [4.69, 9.17) is 21.1 Å². The first-order valence-electron chi connectivity index (χ1n) is 15.7. The minimum atomic E-state index is -4.40. The van der Waals surface area contributed by atoms with E-state index in [1.54, 1.807) is 40.8 Å². The number of hydrogen-bond acceptors (Lipinski definition) is 9. The first kappa shape index (κ1) is 36.4. The Hall–Kier alpha value is -5.39. The quantitative estimate of drug-likeness (QED) is 0.116. The number of anilines is 1. The maximum absolute atomic E-state index is 13.6. The lowest BCUT2D eigenvalue weighted by molar-refractivity contribution is -0.385. The summed E-state index contributed by atoms with van der Waals surface area (Å²) in [5, 5.41) is 11.7. The lowest BCUT2D eigenvalue weighted by Crippen LogP contribution is -2.48. The van der Waals surface area contributed by atoms with E-state index in [1.807, 2.05) is 12.1 Å². The molecule has 1 fully saturated rings. The summed E-state index contributed by atoms with van der Waals surface area (Å²) in [7, 11) is -2.49. The largest absolute Gasteiger partial charge is 0.484 e. The maximum Gasteiger partial charge on any atom is 0.422 e. The highest BCUT2D eigenvalue weighted by atomic mass is 35.5. The highest BCUT2D eigenvalue weighted by molar-refractivity contribution is 7.92. The van der Waals surface area contributed by atoms with Crippen LogP contribution in [-0.4, -0.2) is 77.6 Å². The van der Waals surface area contributed by atoms with E-state index in [2.05, 4.69) is 14.6 Å². The number of rotatable bonds is 11. The molecule has 18 heteroatoms. The maximum atomic E-state index is 13.6. The number of nitro benzene ring substituents is 1. The fourth-order valence-corrected chi connectivity index (χ4v) is 7.17. The van der Waals surface area contributed by atoms with Crippen molar-refractivity contribution in [2.75, 3.05) is 37.5 Å². The first-order valence-corrected chi connectivity index (χ1v) is 17.5. The Bertz CT molecular complexity index is 2230. The molecule has 0 saturated carbocycles. The summed E-state index contributed by atoms with van der Waals surface area (Å²) < 4.78 is 77.7. The zero-order chi connectivity index (χ0) is 37.2. The SMILES string of the molecule is Cn1c(C(=O)N2CCN(Cc3ccc(OCC(F)(F)F)cc3)CC2)cc2ccc(Oc3ccc(NS(=O)(=O)c4cc([N+](=O)[O-])ccc4Cl)cn3)cc21. The van der Waals surface area contributed by atoms with Crippen LogP contribution in [0.1, 0.15) is 16.1 Å². The van der Waals surface area contributed by atoms with Crippen molar-refractivity contribution in [3.05, 3.63) is 111 Å².